The number of nitrogens with zero attached hydrogens (tertiary/aromatic N) is 6. The molecule has 1 N–H and O–H groups in total. The number of fused-ring (bicyclic) bond motifs is 2. The number of benzene rings is 1. The van der Waals surface area contributed by atoms with E-state index in [9.17, 15) is 8.78 Å². The Morgan fingerprint density at radius 1 is 1.03 bits per heavy atom. The molecule has 0 amide bonds. The maximum absolute atomic E-state index is 13.7. The Balaban J connectivity index is 0.00000151. The first-order valence-corrected chi connectivity index (χ1v) is 12.6. The van der Waals surface area contributed by atoms with Crippen LogP contribution in [-0.2, 0) is 16.0 Å². The zero-order valence-corrected chi connectivity index (χ0v) is 21.5. The molecule has 0 bridgehead atoms. The molecule has 1 saturated heterocycles. The number of ether oxygens (including phenoxy) is 3. The smallest absolute Gasteiger partial charge is 0.178 e. The Morgan fingerprint density at radius 2 is 1.87 bits per heavy atom. The molecule has 1 fully saturated rings. The third-order valence-corrected chi connectivity index (χ3v) is 5.80. The minimum absolute atomic E-state index is 0.113. The van der Waals surface area contributed by atoms with Crippen LogP contribution < -0.4 is 10.1 Å². The number of aromatic nitrogens is 6. The summed E-state index contributed by atoms with van der Waals surface area (Å²) < 4.78 is 45.7. The molecule has 12 heteroatoms. The van der Waals surface area contributed by atoms with Gasteiger partial charge in [-0.05, 0) is 30.3 Å². The quantitative estimate of drug-likeness (QED) is 0.323. The minimum atomic E-state index is -0.676. The van der Waals surface area contributed by atoms with E-state index in [0.717, 1.165) is 11.8 Å². The van der Waals surface area contributed by atoms with Gasteiger partial charge in [0.25, 0.3) is 0 Å². The molecule has 1 unspecified atom stereocenters. The number of hydrogen-bond donors (Lipinski definition) is 1. The number of rotatable bonds is 7. The predicted octanol–water partition coefficient (Wildman–Crippen LogP) is 4.45. The molecular formula is C27H27F2N7O3. The monoisotopic (exact) mass is 535 g/mol. The second-order valence-electron chi connectivity index (χ2n) is 8.39. The van der Waals surface area contributed by atoms with Crippen molar-refractivity contribution in [1.82, 2.24) is 29.8 Å². The molecule has 10 nitrogen and oxygen atoms in total. The summed E-state index contributed by atoms with van der Waals surface area (Å²) >= 11 is 0. The Bertz CT molecular complexity index is 1550. The molecule has 0 saturated carbocycles. The maximum Gasteiger partial charge on any atom is 0.178 e. The molecule has 1 atom stereocenters. The van der Waals surface area contributed by atoms with E-state index in [1.165, 1.54) is 16.6 Å². The molecule has 4 aromatic heterocycles. The summed E-state index contributed by atoms with van der Waals surface area (Å²) in [7, 11) is 0. The topological polar surface area (TPSA) is 109 Å². The normalized spacial score (nSPS) is 15.1. The summed E-state index contributed by atoms with van der Waals surface area (Å²) in [4.78, 5) is 8.93. The Morgan fingerprint density at radius 3 is 2.67 bits per heavy atom. The average Bonchev–Trinajstić information content (AvgIpc) is 3.38. The number of nitrogens with one attached hydrogen (secondary N) is 1. The SMILES string of the molecule is CC.Fc1cc(F)cc(-c2ccc3nnc(CNc4ccnc5cc(OCC6COCCO6)cnc45)n3n2)c1. The highest BCUT2D eigenvalue weighted by Crippen LogP contribution is 2.24. The first-order chi connectivity index (χ1) is 19.1. The van der Waals surface area contributed by atoms with Gasteiger partial charge in [-0.3, -0.25) is 4.98 Å². The van der Waals surface area contributed by atoms with Crippen LogP contribution in [0.3, 0.4) is 0 Å². The van der Waals surface area contributed by atoms with E-state index in [4.69, 9.17) is 14.2 Å². The van der Waals surface area contributed by atoms with Crippen molar-refractivity contribution in [3.63, 3.8) is 0 Å². The highest BCUT2D eigenvalue weighted by atomic mass is 19.1. The zero-order valence-electron chi connectivity index (χ0n) is 21.5. The average molecular weight is 536 g/mol. The summed E-state index contributed by atoms with van der Waals surface area (Å²) in [5.41, 5.74) is 3.26. The minimum Gasteiger partial charge on any atom is -0.489 e. The first-order valence-electron chi connectivity index (χ1n) is 12.6. The Kier molecular flexibility index (Phi) is 8.13. The van der Waals surface area contributed by atoms with E-state index in [1.54, 1.807) is 30.6 Å². The molecule has 202 valence electrons. The van der Waals surface area contributed by atoms with Crippen molar-refractivity contribution in [3.8, 4) is 17.0 Å². The second kappa shape index (κ2) is 12.0. The second-order valence-corrected chi connectivity index (χ2v) is 8.39. The summed E-state index contributed by atoms with van der Waals surface area (Å²) in [5, 5.41) is 16.1. The van der Waals surface area contributed by atoms with Crippen molar-refractivity contribution >= 4 is 22.4 Å². The van der Waals surface area contributed by atoms with E-state index in [0.29, 0.717) is 65.9 Å². The van der Waals surface area contributed by atoms with Crippen molar-refractivity contribution < 1.29 is 23.0 Å². The van der Waals surface area contributed by atoms with Gasteiger partial charge in [-0.15, -0.1) is 10.2 Å². The fourth-order valence-corrected chi connectivity index (χ4v) is 4.03. The summed E-state index contributed by atoms with van der Waals surface area (Å²) in [6.45, 7) is 6.29. The maximum atomic E-state index is 13.7. The van der Waals surface area contributed by atoms with Crippen LogP contribution in [0.2, 0.25) is 0 Å². The van der Waals surface area contributed by atoms with E-state index in [1.807, 2.05) is 19.9 Å². The van der Waals surface area contributed by atoms with Gasteiger partial charge in [0, 0.05) is 23.9 Å². The molecule has 0 aliphatic carbocycles. The molecule has 5 heterocycles. The zero-order chi connectivity index (χ0) is 27.2. The molecule has 39 heavy (non-hydrogen) atoms. The van der Waals surface area contributed by atoms with Gasteiger partial charge in [0.15, 0.2) is 11.5 Å². The fourth-order valence-electron chi connectivity index (χ4n) is 4.03. The lowest BCUT2D eigenvalue weighted by atomic mass is 10.1. The number of halogens is 2. The van der Waals surface area contributed by atoms with Gasteiger partial charge in [-0.2, -0.15) is 9.61 Å². The fraction of sp³-hybridized carbons (Fsp3) is 0.296. The molecule has 5 aromatic rings. The number of hydrogen-bond acceptors (Lipinski definition) is 9. The molecule has 0 radical (unpaired) electrons. The van der Waals surface area contributed by atoms with Crippen LogP contribution in [0.15, 0.2) is 54.9 Å². The van der Waals surface area contributed by atoms with Gasteiger partial charge in [0.05, 0.1) is 49.5 Å². The highest BCUT2D eigenvalue weighted by Gasteiger charge is 2.16. The van der Waals surface area contributed by atoms with Crippen LogP contribution in [0, 0.1) is 11.6 Å². The van der Waals surface area contributed by atoms with Crippen LogP contribution >= 0.6 is 0 Å². The first kappa shape index (κ1) is 26.3. The molecule has 6 rings (SSSR count). The highest BCUT2D eigenvalue weighted by molar-refractivity contribution is 5.87. The summed E-state index contributed by atoms with van der Waals surface area (Å²) in [5.74, 6) is -0.261. The molecule has 1 aliphatic rings. The number of anilines is 1. The third kappa shape index (κ3) is 6.07. The van der Waals surface area contributed by atoms with Gasteiger partial charge in [-0.1, -0.05) is 13.8 Å². The van der Waals surface area contributed by atoms with Gasteiger partial charge < -0.3 is 19.5 Å². The van der Waals surface area contributed by atoms with Crippen LogP contribution in [0.4, 0.5) is 14.5 Å². The molecule has 1 aliphatic heterocycles. The van der Waals surface area contributed by atoms with E-state index >= 15 is 0 Å². The van der Waals surface area contributed by atoms with Crippen LogP contribution in [0.5, 0.6) is 5.75 Å². The van der Waals surface area contributed by atoms with Crippen molar-refractivity contribution in [2.45, 2.75) is 26.5 Å². The number of pyridine rings is 2. The standard InChI is InChI=1S/C25H21F2N7O3.C2H6/c26-16-7-15(8-17(27)9-16)20-1-2-23-31-32-24(34(23)33-20)12-29-21-3-4-28-22-10-18(11-30-25(21)22)37-14-19-13-35-5-6-36-19;1-2/h1-4,7-11,19H,5-6,12-14H2,(H,28,29);1-2H3. The summed E-state index contributed by atoms with van der Waals surface area (Å²) in [6, 6.07) is 10.2. The van der Waals surface area contributed by atoms with Crippen molar-refractivity contribution in [1.29, 1.82) is 0 Å². The lowest BCUT2D eigenvalue weighted by molar-refractivity contribution is -0.101. The van der Waals surface area contributed by atoms with Crippen LogP contribution in [0.1, 0.15) is 19.7 Å². The van der Waals surface area contributed by atoms with E-state index in [2.05, 4.69) is 30.6 Å². The van der Waals surface area contributed by atoms with Gasteiger partial charge in [0.2, 0.25) is 0 Å². The Hall–Kier alpha value is -4.29. The lowest BCUT2D eigenvalue weighted by Crippen LogP contribution is -2.33. The van der Waals surface area contributed by atoms with E-state index in [-0.39, 0.29) is 12.6 Å². The van der Waals surface area contributed by atoms with Crippen molar-refractivity contribution in [2.24, 2.45) is 0 Å². The van der Waals surface area contributed by atoms with Gasteiger partial charge in [-0.25, -0.2) is 13.8 Å². The van der Waals surface area contributed by atoms with Crippen LogP contribution in [-0.4, -0.2) is 62.3 Å². The van der Waals surface area contributed by atoms with Gasteiger partial charge in [0.1, 0.15) is 35.6 Å². The molecule has 0 spiro atoms. The van der Waals surface area contributed by atoms with Crippen molar-refractivity contribution in [2.75, 3.05) is 31.7 Å². The third-order valence-electron chi connectivity index (χ3n) is 5.80. The molecular weight excluding hydrogens is 508 g/mol. The largest absolute Gasteiger partial charge is 0.489 e. The predicted molar refractivity (Wildman–Crippen MR) is 140 cm³/mol. The Labute approximate surface area is 223 Å². The van der Waals surface area contributed by atoms with Crippen LogP contribution in [0.25, 0.3) is 27.9 Å². The summed E-state index contributed by atoms with van der Waals surface area (Å²) in [6.07, 6.45) is 3.19. The lowest BCUT2D eigenvalue weighted by Gasteiger charge is -2.22. The molecule has 1 aromatic carbocycles. The van der Waals surface area contributed by atoms with Crippen molar-refractivity contribution in [3.05, 3.63) is 72.3 Å². The van der Waals surface area contributed by atoms with E-state index < -0.39 is 11.6 Å². The van der Waals surface area contributed by atoms with Gasteiger partial charge >= 0.3 is 0 Å².